The van der Waals surface area contributed by atoms with Gasteiger partial charge < -0.3 is 4.98 Å². The molecule has 0 saturated carbocycles. The van der Waals surface area contributed by atoms with E-state index in [9.17, 15) is 0 Å². The van der Waals surface area contributed by atoms with Gasteiger partial charge in [0.05, 0.1) is 5.69 Å². The van der Waals surface area contributed by atoms with Crippen molar-refractivity contribution in [2.75, 3.05) is 0 Å². The van der Waals surface area contributed by atoms with Crippen LogP contribution in [0.4, 0.5) is 0 Å². The Hall–Kier alpha value is -2.51. The van der Waals surface area contributed by atoms with Crippen molar-refractivity contribution in [1.29, 1.82) is 0 Å². The van der Waals surface area contributed by atoms with Crippen LogP contribution in [0.25, 0.3) is 16.9 Å². The second-order valence-corrected chi connectivity index (χ2v) is 5.47. The van der Waals surface area contributed by atoms with Gasteiger partial charge in [-0.05, 0) is 23.5 Å². The molecule has 0 amide bonds. The Balaban J connectivity index is 0.00000182. The molecule has 4 aromatic rings. The van der Waals surface area contributed by atoms with E-state index >= 15 is 0 Å². The van der Waals surface area contributed by atoms with Crippen molar-refractivity contribution in [3.63, 3.8) is 0 Å². The van der Waals surface area contributed by atoms with Crippen molar-refractivity contribution in [1.82, 2.24) is 14.8 Å². The fourth-order valence-corrected chi connectivity index (χ4v) is 2.58. The molecule has 2 aromatic heterocycles. The third-order valence-electron chi connectivity index (χ3n) is 3.74. The van der Waals surface area contributed by atoms with E-state index in [1.54, 1.807) is 0 Å². The molecule has 0 bridgehead atoms. The Kier molecular flexibility index (Phi) is 5.57. The molecule has 124 valence electrons. The molecule has 0 spiro atoms. The summed E-state index contributed by atoms with van der Waals surface area (Å²) in [6.45, 7) is 0. The first-order valence-corrected chi connectivity index (χ1v) is 7.83. The van der Waals surface area contributed by atoms with Gasteiger partial charge >= 0.3 is 21.1 Å². The largest absolute Gasteiger partial charge is 2.00 e. The van der Waals surface area contributed by atoms with Crippen LogP contribution in [-0.4, -0.2) is 14.8 Å². The summed E-state index contributed by atoms with van der Waals surface area (Å²) < 4.78 is 1.84. The predicted octanol–water partition coefficient (Wildman–Crippen LogP) is 4.12. The van der Waals surface area contributed by atoms with Crippen LogP contribution in [0.2, 0.25) is 0 Å². The standard InChI is InChI=1S/C21H15N3.Pt/c1-3-8-17(9-4-1)21-13-7-10-18(22-21)16-19-14-15-24(23-19)20-11-5-2-6-12-20;/h1-8,10-11,13-15H,16H2;/q-2;+2. The normalized spacial score (nSPS) is 10.2. The van der Waals surface area contributed by atoms with E-state index in [2.05, 4.69) is 17.2 Å². The zero-order valence-corrected chi connectivity index (χ0v) is 15.6. The summed E-state index contributed by atoms with van der Waals surface area (Å²) in [6, 6.07) is 30.2. The Labute approximate surface area is 161 Å². The summed E-state index contributed by atoms with van der Waals surface area (Å²) in [4.78, 5) is 4.73. The molecule has 0 N–H and O–H groups in total. The van der Waals surface area contributed by atoms with Gasteiger partial charge in [-0.1, -0.05) is 12.1 Å². The van der Waals surface area contributed by atoms with Crippen molar-refractivity contribution in [2.24, 2.45) is 0 Å². The summed E-state index contributed by atoms with van der Waals surface area (Å²) in [7, 11) is 0. The fraction of sp³-hybridized carbons (Fsp3) is 0.0476. The molecule has 0 atom stereocenters. The van der Waals surface area contributed by atoms with Crippen molar-refractivity contribution in [3.8, 4) is 16.9 Å². The number of para-hydroxylation sites is 1. The zero-order valence-electron chi connectivity index (χ0n) is 13.4. The van der Waals surface area contributed by atoms with Crippen molar-refractivity contribution in [2.45, 2.75) is 6.42 Å². The molecular weight excluding hydrogens is 489 g/mol. The van der Waals surface area contributed by atoms with Crippen LogP contribution in [0.15, 0.2) is 79.0 Å². The molecule has 2 aromatic carbocycles. The summed E-state index contributed by atoms with van der Waals surface area (Å²) in [5, 5.41) is 4.62. The Morgan fingerprint density at radius 1 is 0.800 bits per heavy atom. The third kappa shape index (κ3) is 4.12. The first-order valence-electron chi connectivity index (χ1n) is 7.83. The second-order valence-electron chi connectivity index (χ2n) is 5.47. The molecule has 0 aliphatic rings. The average Bonchev–Trinajstić information content (AvgIpc) is 3.12. The van der Waals surface area contributed by atoms with Crippen molar-refractivity contribution in [3.05, 3.63) is 103 Å². The number of nitrogens with zero attached hydrogens (tertiary/aromatic N) is 3. The van der Waals surface area contributed by atoms with E-state index in [0.29, 0.717) is 6.42 Å². The van der Waals surface area contributed by atoms with E-state index in [1.807, 2.05) is 83.7 Å². The van der Waals surface area contributed by atoms with Crippen LogP contribution in [0.1, 0.15) is 11.4 Å². The first-order chi connectivity index (χ1) is 11.9. The van der Waals surface area contributed by atoms with Gasteiger partial charge in [0.1, 0.15) is 0 Å². The minimum atomic E-state index is 0. The molecule has 25 heavy (non-hydrogen) atoms. The van der Waals surface area contributed by atoms with Crippen molar-refractivity contribution >= 4 is 0 Å². The van der Waals surface area contributed by atoms with E-state index in [-0.39, 0.29) is 21.1 Å². The minimum Gasteiger partial charge on any atom is -0.301 e. The minimum absolute atomic E-state index is 0. The number of hydrogen-bond acceptors (Lipinski definition) is 2. The molecule has 0 unspecified atom stereocenters. The maximum atomic E-state index is 4.73. The maximum absolute atomic E-state index is 4.73. The van der Waals surface area contributed by atoms with Gasteiger partial charge in [0.15, 0.2) is 0 Å². The smallest absolute Gasteiger partial charge is 0.301 e. The molecule has 4 heteroatoms. The van der Waals surface area contributed by atoms with Crippen LogP contribution in [0, 0.1) is 12.1 Å². The van der Waals surface area contributed by atoms with Crippen LogP contribution in [0.3, 0.4) is 0 Å². The maximum Gasteiger partial charge on any atom is 2.00 e. The second kappa shape index (κ2) is 8.04. The van der Waals surface area contributed by atoms with E-state index < -0.39 is 0 Å². The van der Waals surface area contributed by atoms with Crippen LogP contribution >= 0.6 is 0 Å². The van der Waals surface area contributed by atoms with Gasteiger partial charge in [-0.15, -0.1) is 42.0 Å². The van der Waals surface area contributed by atoms with Crippen LogP contribution < -0.4 is 0 Å². The van der Waals surface area contributed by atoms with Gasteiger partial charge in [0.25, 0.3) is 0 Å². The average molecular weight is 504 g/mol. The summed E-state index contributed by atoms with van der Waals surface area (Å²) in [5.74, 6) is 0. The molecule has 4 rings (SSSR count). The Bertz CT molecular complexity index is 934. The van der Waals surface area contributed by atoms with Gasteiger partial charge in [0, 0.05) is 18.3 Å². The SMILES string of the molecule is [Pt+2].[c-]1ccccc1-c1cccc(Cc2ccn(-c3[c-]cccc3)n2)n1. The molecule has 0 aliphatic carbocycles. The quantitative estimate of drug-likeness (QED) is 0.392. The van der Waals surface area contributed by atoms with E-state index in [4.69, 9.17) is 4.98 Å². The molecule has 0 fully saturated rings. The Morgan fingerprint density at radius 2 is 1.64 bits per heavy atom. The summed E-state index contributed by atoms with van der Waals surface area (Å²) in [5.41, 5.74) is 4.85. The summed E-state index contributed by atoms with van der Waals surface area (Å²) in [6.07, 6.45) is 2.65. The van der Waals surface area contributed by atoms with E-state index in [0.717, 1.165) is 28.3 Å². The van der Waals surface area contributed by atoms with Crippen LogP contribution in [0.5, 0.6) is 0 Å². The van der Waals surface area contributed by atoms with E-state index in [1.165, 1.54) is 0 Å². The fourth-order valence-electron chi connectivity index (χ4n) is 2.58. The zero-order chi connectivity index (χ0) is 16.2. The molecule has 0 saturated heterocycles. The van der Waals surface area contributed by atoms with Gasteiger partial charge in [-0.25, -0.2) is 0 Å². The molecule has 3 nitrogen and oxygen atoms in total. The third-order valence-corrected chi connectivity index (χ3v) is 3.74. The number of pyridine rings is 1. The number of aromatic nitrogens is 3. The van der Waals surface area contributed by atoms with Crippen molar-refractivity contribution < 1.29 is 21.1 Å². The molecule has 0 radical (unpaired) electrons. The number of rotatable bonds is 4. The van der Waals surface area contributed by atoms with Crippen LogP contribution in [-0.2, 0) is 27.5 Å². The topological polar surface area (TPSA) is 30.7 Å². The monoisotopic (exact) mass is 504 g/mol. The number of hydrogen-bond donors (Lipinski definition) is 0. The summed E-state index contributed by atoms with van der Waals surface area (Å²) >= 11 is 0. The number of benzene rings is 2. The molecule has 0 aliphatic heterocycles. The van der Waals surface area contributed by atoms with Gasteiger partial charge in [0.2, 0.25) is 0 Å². The molecule has 2 heterocycles. The van der Waals surface area contributed by atoms with Gasteiger partial charge in [-0.2, -0.15) is 29.4 Å². The van der Waals surface area contributed by atoms with Gasteiger partial charge in [-0.3, -0.25) is 4.68 Å². The molecular formula is C21H15N3Pt. The first kappa shape index (κ1) is 17.3. The Morgan fingerprint density at radius 3 is 2.40 bits per heavy atom. The predicted molar refractivity (Wildman–Crippen MR) is 93.7 cm³/mol.